The Morgan fingerprint density at radius 1 is 0.892 bits per heavy atom. The molecule has 194 valence electrons. The molecule has 0 aromatic heterocycles. The minimum Gasteiger partial charge on any atom is -0.335 e. The number of halogens is 2. The van der Waals surface area contributed by atoms with E-state index in [2.05, 4.69) is 41.0 Å². The van der Waals surface area contributed by atoms with Gasteiger partial charge in [-0.2, -0.15) is 0 Å². The molecule has 1 aliphatic heterocycles. The standard InChI is InChI=1S/C32H36F2N2O/c1-23-8-5-6-13-30(23)31-22-35(19-24-9-7-10-28(34)18-24)20-26(31)21-36(29-11-3-2-4-12-29)32(37)25-14-16-27(33)17-15-25/h5-10,13-18,26,29,31H,2-4,11-12,19-22H2,1H3/t26-,31+/m1/s1. The number of aryl methyl sites for hydroxylation is 1. The van der Waals surface area contributed by atoms with Gasteiger partial charge >= 0.3 is 0 Å². The highest BCUT2D eigenvalue weighted by molar-refractivity contribution is 5.94. The molecule has 0 unspecified atom stereocenters. The van der Waals surface area contributed by atoms with E-state index in [1.165, 1.54) is 35.7 Å². The van der Waals surface area contributed by atoms with Crippen LogP contribution in [0.25, 0.3) is 0 Å². The molecule has 3 aromatic carbocycles. The van der Waals surface area contributed by atoms with Crippen LogP contribution in [0.15, 0.2) is 72.8 Å². The van der Waals surface area contributed by atoms with Gasteiger partial charge in [-0.25, -0.2) is 8.78 Å². The smallest absolute Gasteiger partial charge is 0.254 e. The third kappa shape index (κ3) is 6.10. The summed E-state index contributed by atoms with van der Waals surface area (Å²) in [5.41, 5.74) is 4.11. The van der Waals surface area contributed by atoms with Gasteiger partial charge in [0.2, 0.25) is 0 Å². The molecule has 1 amide bonds. The van der Waals surface area contributed by atoms with Crippen molar-refractivity contribution >= 4 is 5.91 Å². The summed E-state index contributed by atoms with van der Waals surface area (Å²) in [6.07, 6.45) is 5.51. The lowest BCUT2D eigenvalue weighted by Gasteiger charge is -2.37. The number of nitrogens with zero attached hydrogens (tertiary/aromatic N) is 2. The van der Waals surface area contributed by atoms with E-state index in [1.54, 1.807) is 24.3 Å². The first-order valence-corrected chi connectivity index (χ1v) is 13.6. The minimum absolute atomic E-state index is 0.000913. The molecule has 2 fully saturated rings. The summed E-state index contributed by atoms with van der Waals surface area (Å²) < 4.78 is 27.5. The van der Waals surface area contributed by atoms with Crippen LogP contribution in [0.3, 0.4) is 0 Å². The van der Waals surface area contributed by atoms with Crippen molar-refractivity contribution < 1.29 is 13.6 Å². The number of hydrogen-bond donors (Lipinski definition) is 0. The third-order valence-corrected chi connectivity index (χ3v) is 8.20. The summed E-state index contributed by atoms with van der Waals surface area (Å²) in [6.45, 7) is 5.22. The average molecular weight is 503 g/mol. The quantitative estimate of drug-likeness (QED) is 0.349. The number of hydrogen-bond acceptors (Lipinski definition) is 2. The molecule has 1 saturated carbocycles. The van der Waals surface area contributed by atoms with Crippen molar-refractivity contribution in [3.8, 4) is 0 Å². The molecule has 37 heavy (non-hydrogen) atoms. The Morgan fingerprint density at radius 2 is 1.65 bits per heavy atom. The Balaban J connectivity index is 1.43. The zero-order valence-corrected chi connectivity index (χ0v) is 21.6. The molecule has 0 bridgehead atoms. The van der Waals surface area contributed by atoms with Gasteiger partial charge in [0.05, 0.1) is 0 Å². The zero-order valence-electron chi connectivity index (χ0n) is 21.6. The van der Waals surface area contributed by atoms with Gasteiger partial charge in [-0.15, -0.1) is 0 Å². The highest BCUT2D eigenvalue weighted by atomic mass is 19.1. The van der Waals surface area contributed by atoms with Crippen molar-refractivity contribution in [2.75, 3.05) is 19.6 Å². The van der Waals surface area contributed by atoms with E-state index < -0.39 is 0 Å². The SMILES string of the molecule is Cc1ccccc1[C@H]1CN(Cc2cccc(F)c2)C[C@@H]1CN(C(=O)c1ccc(F)cc1)C1CCCCC1. The van der Waals surface area contributed by atoms with E-state index in [1.807, 2.05) is 6.07 Å². The van der Waals surface area contributed by atoms with Crippen molar-refractivity contribution in [3.63, 3.8) is 0 Å². The first kappa shape index (κ1) is 25.6. The number of amides is 1. The van der Waals surface area contributed by atoms with Crippen LogP contribution in [-0.2, 0) is 6.54 Å². The zero-order chi connectivity index (χ0) is 25.8. The summed E-state index contributed by atoms with van der Waals surface area (Å²) >= 11 is 0. The molecule has 3 nitrogen and oxygen atoms in total. The van der Waals surface area contributed by atoms with Gasteiger partial charge in [0.25, 0.3) is 5.91 Å². The minimum atomic E-state index is -0.329. The maximum absolute atomic E-state index is 13.9. The molecule has 5 heteroatoms. The monoisotopic (exact) mass is 502 g/mol. The van der Waals surface area contributed by atoms with Gasteiger partial charge in [0, 0.05) is 43.7 Å². The Kier molecular flexibility index (Phi) is 7.99. The van der Waals surface area contributed by atoms with E-state index in [4.69, 9.17) is 0 Å². The first-order valence-electron chi connectivity index (χ1n) is 13.6. The van der Waals surface area contributed by atoms with Crippen LogP contribution in [0.5, 0.6) is 0 Å². The van der Waals surface area contributed by atoms with Crippen molar-refractivity contribution in [1.82, 2.24) is 9.80 Å². The number of carbonyl (C=O) groups is 1. The normalized spacial score (nSPS) is 20.7. The summed E-state index contributed by atoms with van der Waals surface area (Å²) in [6, 6.07) is 21.5. The molecule has 0 radical (unpaired) electrons. The number of likely N-dealkylation sites (tertiary alicyclic amines) is 1. The molecule has 2 atom stereocenters. The van der Waals surface area contributed by atoms with E-state index in [0.717, 1.165) is 44.3 Å². The predicted octanol–water partition coefficient (Wildman–Crippen LogP) is 6.96. The largest absolute Gasteiger partial charge is 0.335 e. The topological polar surface area (TPSA) is 23.6 Å². The van der Waals surface area contributed by atoms with Crippen LogP contribution in [0.2, 0.25) is 0 Å². The van der Waals surface area contributed by atoms with Crippen molar-refractivity contribution in [2.45, 2.75) is 57.5 Å². The number of carbonyl (C=O) groups excluding carboxylic acids is 1. The molecule has 1 aliphatic carbocycles. The summed E-state index contributed by atoms with van der Waals surface area (Å²) in [4.78, 5) is 18.3. The second-order valence-corrected chi connectivity index (χ2v) is 10.8. The third-order valence-electron chi connectivity index (χ3n) is 8.20. The lowest BCUT2D eigenvalue weighted by molar-refractivity contribution is 0.0588. The van der Waals surface area contributed by atoms with Gasteiger partial charge in [-0.1, -0.05) is 55.7 Å². The van der Waals surface area contributed by atoms with Crippen molar-refractivity contribution in [2.24, 2.45) is 5.92 Å². The Labute approximate surface area is 219 Å². The molecular formula is C32H36F2N2O. The fourth-order valence-corrected chi connectivity index (χ4v) is 6.32. The fourth-order valence-electron chi connectivity index (χ4n) is 6.32. The Bertz CT molecular complexity index is 1210. The van der Waals surface area contributed by atoms with Gasteiger partial charge in [0.1, 0.15) is 11.6 Å². The van der Waals surface area contributed by atoms with Gasteiger partial charge in [0.15, 0.2) is 0 Å². The van der Waals surface area contributed by atoms with Gasteiger partial charge in [-0.3, -0.25) is 9.69 Å². The van der Waals surface area contributed by atoms with Crippen LogP contribution >= 0.6 is 0 Å². The second kappa shape index (κ2) is 11.6. The predicted molar refractivity (Wildman–Crippen MR) is 143 cm³/mol. The van der Waals surface area contributed by atoms with Crippen molar-refractivity contribution in [3.05, 3.63) is 107 Å². The van der Waals surface area contributed by atoms with E-state index in [-0.39, 0.29) is 35.4 Å². The molecule has 2 aliphatic rings. The fraction of sp³-hybridized carbons (Fsp3) is 0.406. The first-order chi connectivity index (χ1) is 18.0. The molecule has 5 rings (SSSR count). The summed E-state index contributed by atoms with van der Waals surface area (Å²) in [5, 5.41) is 0. The molecule has 1 heterocycles. The molecule has 1 saturated heterocycles. The maximum atomic E-state index is 13.9. The van der Waals surface area contributed by atoms with Crippen molar-refractivity contribution in [1.29, 1.82) is 0 Å². The van der Waals surface area contributed by atoms with Crippen LogP contribution in [0.1, 0.15) is 65.1 Å². The van der Waals surface area contributed by atoms with Crippen LogP contribution in [0, 0.1) is 24.5 Å². The molecule has 0 spiro atoms. The van der Waals surface area contributed by atoms with E-state index in [9.17, 15) is 13.6 Å². The highest BCUT2D eigenvalue weighted by Gasteiger charge is 2.38. The number of rotatable bonds is 7. The maximum Gasteiger partial charge on any atom is 0.254 e. The van der Waals surface area contributed by atoms with Crippen LogP contribution in [0.4, 0.5) is 8.78 Å². The molecular weight excluding hydrogens is 466 g/mol. The van der Waals surface area contributed by atoms with Crippen LogP contribution < -0.4 is 0 Å². The second-order valence-electron chi connectivity index (χ2n) is 10.8. The Morgan fingerprint density at radius 3 is 2.38 bits per heavy atom. The average Bonchev–Trinajstić information content (AvgIpc) is 3.30. The van der Waals surface area contributed by atoms with Crippen LogP contribution in [-0.4, -0.2) is 41.4 Å². The lowest BCUT2D eigenvalue weighted by Crippen LogP contribution is -2.45. The molecule has 3 aromatic rings. The molecule has 0 N–H and O–H groups in total. The van der Waals surface area contributed by atoms with E-state index >= 15 is 0 Å². The lowest BCUT2D eigenvalue weighted by atomic mass is 9.85. The summed E-state index contributed by atoms with van der Waals surface area (Å²) in [7, 11) is 0. The van der Waals surface area contributed by atoms with E-state index in [0.29, 0.717) is 18.7 Å². The summed E-state index contributed by atoms with van der Waals surface area (Å²) in [5.74, 6) is -0.0110. The number of benzene rings is 3. The van der Waals surface area contributed by atoms with Gasteiger partial charge < -0.3 is 4.90 Å². The highest BCUT2D eigenvalue weighted by Crippen LogP contribution is 2.37. The van der Waals surface area contributed by atoms with Gasteiger partial charge in [-0.05, 0) is 78.8 Å². The Hall–Kier alpha value is -3.05.